The second-order valence-electron chi connectivity index (χ2n) is 4.44. The number of nitrogens with zero attached hydrogens (tertiary/aromatic N) is 1. The van der Waals surface area contributed by atoms with Crippen molar-refractivity contribution in [3.63, 3.8) is 0 Å². The summed E-state index contributed by atoms with van der Waals surface area (Å²) < 4.78 is 35.2. The Balaban J connectivity index is 2.05. The second kappa shape index (κ2) is 7.30. The molecule has 0 radical (unpaired) electrons. The van der Waals surface area contributed by atoms with Crippen molar-refractivity contribution in [1.82, 2.24) is 9.88 Å². The van der Waals surface area contributed by atoms with E-state index in [0.29, 0.717) is 16.3 Å². The van der Waals surface area contributed by atoms with Crippen LogP contribution < -0.4 is 9.46 Å². The molecule has 0 aliphatic carbocycles. The molecule has 23 heavy (non-hydrogen) atoms. The lowest BCUT2D eigenvalue weighted by molar-refractivity contribution is -0.114. The molecule has 1 aromatic carbocycles. The van der Waals surface area contributed by atoms with Crippen LogP contribution in [0.3, 0.4) is 0 Å². The summed E-state index contributed by atoms with van der Waals surface area (Å²) in [6.45, 7) is 0. The summed E-state index contributed by atoms with van der Waals surface area (Å²) in [5.74, 6) is -0.747. The molecule has 0 fully saturated rings. The van der Waals surface area contributed by atoms with Gasteiger partial charge in [-0.15, -0.1) is 0 Å². The number of ether oxygens (including phenoxy) is 1. The molecule has 0 spiro atoms. The van der Waals surface area contributed by atoms with Crippen molar-refractivity contribution in [3.05, 3.63) is 52.9 Å². The Morgan fingerprint density at radius 1 is 1.43 bits per heavy atom. The number of rotatable bonds is 6. The van der Waals surface area contributed by atoms with Crippen molar-refractivity contribution >= 4 is 33.6 Å². The van der Waals surface area contributed by atoms with Crippen LogP contribution in [0.2, 0.25) is 5.02 Å². The predicted octanol–water partition coefficient (Wildman–Crippen LogP) is 2.00. The lowest BCUT2D eigenvalue weighted by Crippen LogP contribution is -2.30. The van der Waals surface area contributed by atoms with E-state index < -0.39 is 21.7 Å². The van der Waals surface area contributed by atoms with E-state index in [1.807, 2.05) is 4.72 Å². The van der Waals surface area contributed by atoms with E-state index in [2.05, 4.69) is 9.68 Å². The van der Waals surface area contributed by atoms with Crippen molar-refractivity contribution < 1.29 is 22.5 Å². The van der Waals surface area contributed by atoms with Crippen molar-refractivity contribution in [2.24, 2.45) is 0 Å². The minimum Gasteiger partial charge on any atom is -0.496 e. The minimum absolute atomic E-state index is 0.200. The Morgan fingerprint density at radius 2 is 2.22 bits per heavy atom. The molecule has 122 valence electrons. The summed E-state index contributed by atoms with van der Waals surface area (Å²) in [7, 11) is -2.39. The summed E-state index contributed by atoms with van der Waals surface area (Å²) in [5.41, 5.74) is 0.745. The van der Waals surface area contributed by atoms with Crippen LogP contribution in [-0.2, 0) is 20.6 Å². The third kappa shape index (κ3) is 5.11. The van der Waals surface area contributed by atoms with Crippen molar-refractivity contribution in [2.75, 3.05) is 7.11 Å². The first-order chi connectivity index (χ1) is 10.9. The number of hydrogen-bond acceptors (Lipinski definition) is 6. The standard InChI is InChI=1S/C14H13ClN2O5S/c1-21-13-4-3-11(15)8-10(13)2-5-14(18)17-23(19,20)9-12-6-7-22-16-12/h2-8H,9H2,1H3,(H,17,18). The number of carbonyl (C=O) groups is 1. The maximum atomic E-state index is 11.8. The van der Waals surface area contributed by atoms with Gasteiger partial charge < -0.3 is 9.26 Å². The molecule has 0 saturated heterocycles. The first kappa shape index (κ1) is 17.0. The van der Waals surface area contributed by atoms with E-state index >= 15 is 0 Å². The summed E-state index contributed by atoms with van der Waals surface area (Å²) in [4.78, 5) is 11.8. The Morgan fingerprint density at radius 3 is 2.87 bits per heavy atom. The first-order valence-corrected chi connectivity index (χ1v) is 8.38. The number of amides is 1. The van der Waals surface area contributed by atoms with Gasteiger partial charge in [0.1, 0.15) is 23.5 Å². The van der Waals surface area contributed by atoms with E-state index in [0.717, 1.165) is 6.08 Å². The smallest absolute Gasteiger partial charge is 0.257 e. The molecule has 1 aromatic heterocycles. The van der Waals surface area contributed by atoms with E-state index in [-0.39, 0.29) is 5.69 Å². The number of methoxy groups -OCH3 is 1. The zero-order valence-corrected chi connectivity index (χ0v) is 13.6. The lowest BCUT2D eigenvalue weighted by Gasteiger charge is -2.05. The molecule has 0 aliphatic heterocycles. The van der Waals surface area contributed by atoms with Crippen LogP contribution in [0.1, 0.15) is 11.3 Å². The van der Waals surface area contributed by atoms with Gasteiger partial charge in [-0.05, 0) is 24.3 Å². The van der Waals surface area contributed by atoms with Crippen LogP contribution in [0.4, 0.5) is 0 Å². The van der Waals surface area contributed by atoms with Crippen LogP contribution in [0.15, 0.2) is 41.1 Å². The lowest BCUT2D eigenvalue weighted by atomic mass is 10.2. The molecule has 2 aromatic rings. The number of carbonyl (C=O) groups excluding carboxylic acids is 1. The fraction of sp³-hybridized carbons (Fsp3) is 0.143. The fourth-order valence-corrected chi connectivity index (χ4v) is 2.90. The van der Waals surface area contributed by atoms with Gasteiger partial charge >= 0.3 is 0 Å². The quantitative estimate of drug-likeness (QED) is 0.795. The highest BCUT2D eigenvalue weighted by Crippen LogP contribution is 2.23. The molecule has 2 rings (SSSR count). The van der Waals surface area contributed by atoms with Gasteiger partial charge in [-0.1, -0.05) is 16.8 Å². The Bertz CT molecular complexity index is 816. The Hall–Kier alpha value is -2.32. The molecule has 0 atom stereocenters. The summed E-state index contributed by atoms with van der Waals surface area (Å²) in [5, 5.41) is 3.94. The zero-order valence-electron chi connectivity index (χ0n) is 12.0. The molecule has 0 aliphatic rings. The summed E-state index contributed by atoms with van der Waals surface area (Å²) in [6.07, 6.45) is 3.73. The normalized spacial score (nSPS) is 11.6. The Kier molecular flexibility index (Phi) is 5.41. The highest BCUT2D eigenvalue weighted by Gasteiger charge is 2.15. The molecule has 1 N–H and O–H groups in total. The van der Waals surface area contributed by atoms with Crippen LogP contribution in [0.5, 0.6) is 5.75 Å². The molecule has 0 saturated carbocycles. The Labute approximate surface area is 137 Å². The van der Waals surface area contributed by atoms with E-state index in [9.17, 15) is 13.2 Å². The average molecular weight is 357 g/mol. The first-order valence-electron chi connectivity index (χ1n) is 6.35. The van der Waals surface area contributed by atoms with Gasteiger partial charge in [-0.3, -0.25) is 4.79 Å². The van der Waals surface area contributed by atoms with Crippen LogP contribution >= 0.6 is 11.6 Å². The van der Waals surface area contributed by atoms with Crippen LogP contribution in [0, 0.1) is 0 Å². The monoisotopic (exact) mass is 356 g/mol. The van der Waals surface area contributed by atoms with E-state index in [4.69, 9.17) is 16.3 Å². The summed E-state index contributed by atoms with van der Waals surface area (Å²) >= 11 is 5.87. The van der Waals surface area contributed by atoms with Gasteiger partial charge in [0.2, 0.25) is 10.0 Å². The fourth-order valence-electron chi connectivity index (χ4n) is 1.73. The second-order valence-corrected chi connectivity index (χ2v) is 6.59. The minimum atomic E-state index is -3.86. The number of sulfonamides is 1. The number of hydrogen-bond donors (Lipinski definition) is 1. The molecular formula is C14H13ClN2O5S. The predicted molar refractivity (Wildman–Crippen MR) is 84.3 cm³/mol. The van der Waals surface area contributed by atoms with Gasteiger partial charge in [0, 0.05) is 22.7 Å². The van der Waals surface area contributed by atoms with Gasteiger partial charge in [-0.2, -0.15) is 0 Å². The van der Waals surface area contributed by atoms with Gasteiger partial charge in [0.15, 0.2) is 0 Å². The zero-order chi connectivity index (χ0) is 16.9. The molecule has 1 heterocycles. The molecule has 9 heteroatoms. The highest BCUT2D eigenvalue weighted by molar-refractivity contribution is 7.89. The summed E-state index contributed by atoms with van der Waals surface area (Å²) in [6, 6.07) is 6.27. The molecular weight excluding hydrogens is 344 g/mol. The van der Waals surface area contributed by atoms with E-state index in [1.54, 1.807) is 18.2 Å². The van der Waals surface area contributed by atoms with Crippen LogP contribution in [-0.4, -0.2) is 26.6 Å². The number of benzene rings is 1. The average Bonchev–Trinajstić information content (AvgIpc) is 2.96. The topological polar surface area (TPSA) is 98.5 Å². The maximum absolute atomic E-state index is 11.8. The van der Waals surface area contributed by atoms with E-state index in [1.165, 1.54) is 25.5 Å². The molecule has 0 unspecified atom stereocenters. The SMILES string of the molecule is COc1ccc(Cl)cc1C=CC(=O)NS(=O)(=O)Cc1ccon1. The van der Waals surface area contributed by atoms with Crippen molar-refractivity contribution in [3.8, 4) is 5.75 Å². The third-order valence-corrected chi connectivity index (χ3v) is 4.11. The largest absolute Gasteiger partial charge is 0.496 e. The maximum Gasteiger partial charge on any atom is 0.257 e. The molecule has 0 bridgehead atoms. The van der Waals surface area contributed by atoms with Crippen molar-refractivity contribution in [2.45, 2.75) is 5.75 Å². The van der Waals surface area contributed by atoms with Crippen molar-refractivity contribution in [1.29, 1.82) is 0 Å². The number of aromatic nitrogens is 1. The van der Waals surface area contributed by atoms with Gasteiger partial charge in [0.05, 0.1) is 7.11 Å². The molecule has 7 nitrogen and oxygen atoms in total. The number of nitrogens with one attached hydrogen (secondary N) is 1. The van der Waals surface area contributed by atoms with Gasteiger partial charge in [-0.25, -0.2) is 13.1 Å². The third-order valence-electron chi connectivity index (χ3n) is 2.69. The number of halogens is 1. The highest BCUT2D eigenvalue weighted by atomic mass is 35.5. The van der Waals surface area contributed by atoms with Gasteiger partial charge in [0.25, 0.3) is 5.91 Å². The van der Waals surface area contributed by atoms with Crippen LogP contribution in [0.25, 0.3) is 6.08 Å². The molecule has 1 amide bonds.